The van der Waals surface area contributed by atoms with E-state index in [2.05, 4.69) is 56.5 Å². The van der Waals surface area contributed by atoms with Crippen LogP contribution in [0.1, 0.15) is 19.3 Å². The van der Waals surface area contributed by atoms with Gasteiger partial charge in [0.25, 0.3) is 0 Å². The van der Waals surface area contributed by atoms with Gasteiger partial charge in [-0.2, -0.15) is 0 Å². The second-order valence-corrected chi connectivity index (χ2v) is 9.92. The molecule has 8 heteroatoms. The van der Waals surface area contributed by atoms with Crippen molar-refractivity contribution in [3.05, 3.63) is 73.3 Å². The molecular weight excluding hydrogens is 464 g/mol. The van der Waals surface area contributed by atoms with Crippen molar-refractivity contribution in [2.75, 3.05) is 46.2 Å². The van der Waals surface area contributed by atoms with Gasteiger partial charge in [-0.1, -0.05) is 24.3 Å². The van der Waals surface area contributed by atoms with Gasteiger partial charge in [-0.15, -0.1) is 0 Å². The Morgan fingerprint density at radius 3 is 2.68 bits per heavy atom. The van der Waals surface area contributed by atoms with E-state index in [1.807, 2.05) is 29.2 Å². The van der Waals surface area contributed by atoms with Crippen LogP contribution in [0.15, 0.2) is 77.7 Å². The molecule has 2 aromatic carbocycles. The summed E-state index contributed by atoms with van der Waals surface area (Å²) in [6, 6.07) is 20.3. The van der Waals surface area contributed by atoms with Crippen molar-refractivity contribution in [3.63, 3.8) is 0 Å². The minimum Gasteiger partial charge on any atom is -0.444 e. The normalized spacial score (nSPS) is 18.3. The minimum atomic E-state index is -0.169. The lowest BCUT2D eigenvalue weighted by molar-refractivity contribution is 0.255. The van der Waals surface area contributed by atoms with Gasteiger partial charge >= 0.3 is 6.03 Å². The van der Waals surface area contributed by atoms with Crippen molar-refractivity contribution in [3.8, 4) is 22.6 Å². The van der Waals surface area contributed by atoms with Crippen LogP contribution in [0.3, 0.4) is 0 Å². The number of carbonyl (C=O) groups is 1. The molecule has 2 amide bonds. The lowest BCUT2D eigenvalue weighted by atomic mass is 10.1. The molecule has 8 nitrogen and oxygen atoms in total. The molecule has 2 aromatic heterocycles. The Bertz CT molecular complexity index is 1450. The Morgan fingerprint density at radius 2 is 1.81 bits per heavy atom. The fraction of sp³-hybridized carbons (Fsp3) is 0.276. The van der Waals surface area contributed by atoms with Gasteiger partial charge in [0.2, 0.25) is 0 Å². The average Bonchev–Trinajstić information content (AvgIpc) is 3.72. The number of hydrogen-bond donors (Lipinski definition) is 1. The summed E-state index contributed by atoms with van der Waals surface area (Å²) in [6.45, 7) is 3.95. The number of amides is 2. The predicted molar refractivity (Wildman–Crippen MR) is 145 cm³/mol. The van der Waals surface area contributed by atoms with E-state index in [1.165, 1.54) is 24.9 Å². The number of fused-ring (bicyclic) bond motifs is 4. The number of carbonyl (C=O) groups excluding carboxylic acids is 1. The number of urea groups is 1. The van der Waals surface area contributed by atoms with E-state index in [0.29, 0.717) is 11.4 Å². The third kappa shape index (κ3) is 3.98. The first-order valence-corrected chi connectivity index (χ1v) is 12.9. The smallest absolute Gasteiger partial charge is 0.327 e. The third-order valence-corrected chi connectivity index (χ3v) is 7.61. The summed E-state index contributed by atoms with van der Waals surface area (Å²) >= 11 is 0. The van der Waals surface area contributed by atoms with Crippen LogP contribution in [0.25, 0.3) is 22.6 Å². The molecule has 3 aliphatic rings. The lowest BCUT2D eigenvalue weighted by Crippen LogP contribution is -2.48. The van der Waals surface area contributed by atoms with E-state index < -0.39 is 0 Å². The zero-order valence-corrected chi connectivity index (χ0v) is 20.5. The molecule has 2 bridgehead atoms. The standard InChI is InChI=1S/C29H28N6O2/c36-29(31-22-7-3-6-21(15-22)27-17-30-19-37-27)35-24-11-14-34(18-24)26-10-9-25(32-28(26)35)20-5-4-8-23(16-20)33-12-1-2-13-33/h3-10,15-17,19,24H,1-2,11-14,18H2,(H,31,36)/t24-/m0/s1. The molecule has 7 rings (SSSR count). The van der Waals surface area contributed by atoms with E-state index in [0.717, 1.165) is 60.9 Å². The van der Waals surface area contributed by atoms with Crippen molar-refractivity contribution < 1.29 is 9.21 Å². The van der Waals surface area contributed by atoms with Crippen LogP contribution in [-0.4, -0.2) is 48.2 Å². The average molecular weight is 493 g/mol. The number of oxazole rings is 1. The number of rotatable bonds is 4. The monoisotopic (exact) mass is 492 g/mol. The molecule has 4 aromatic rings. The quantitative estimate of drug-likeness (QED) is 0.398. The second kappa shape index (κ2) is 8.96. The molecule has 0 unspecified atom stereocenters. The molecule has 2 saturated heterocycles. The number of anilines is 4. The molecule has 37 heavy (non-hydrogen) atoms. The Morgan fingerprint density at radius 1 is 0.946 bits per heavy atom. The van der Waals surface area contributed by atoms with Gasteiger partial charge in [0.05, 0.1) is 23.6 Å². The van der Waals surface area contributed by atoms with E-state index in [9.17, 15) is 4.79 Å². The first-order valence-electron chi connectivity index (χ1n) is 12.9. The van der Waals surface area contributed by atoms with E-state index in [1.54, 1.807) is 6.20 Å². The van der Waals surface area contributed by atoms with Crippen LogP contribution in [0.4, 0.5) is 27.7 Å². The van der Waals surface area contributed by atoms with Gasteiger partial charge in [0.15, 0.2) is 18.0 Å². The maximum atomic E-state index is 13.7. The molecule has 2 fully saturated rings. The summed E-state index contributed by atoms with van der Waals surface area (Å²) in [5.74, 6) is 1.38. The number of benzene rings is 2. The van der Waals surface area contributed by atoms with Crippen LogP contribution >= 0.6 is 0 Å². The number of nitrogens with zero attached hydrogens (tertiary/aromatic N) is 5. The van der Waals surface area contributed by atoms with Crippen LogP contribution in [0.5, 0.6) is 0 Å². The van der Waals surface area contributed by atoms with Gasteiger partial charge in [-0.25, -0.2) is 14.8 Å². The molecule has 1 atom stereocenters. The largest absolute Gasteiger partial charge is 0.444 e. The molecule has 1 N–H and O–H groups in total. The van der Waals surface area contributed by atoms with Crippen LogP contribution < -0.4 is 20.0 Å². The zero-order valence-electron chi connectivity index (χ0n) is 20.5. The van der Waals surface area contributed by atoms with Crippen LogP contribution in [-0.2, 0) is 0 Å². The highest BCUT2D eigenvalue weighted by Gasteiger charge is 2.40. The summed E-state index contributed by atoms with van der Waals surface area (Å²) in [6.07, 6.45) is 6.47. The fourth-order valence-electron chi connectivity index (χ4n) is 5.76. The number of aromatic nitrogens is 2. The summed E-state index contributed by atoms with van der Waals surface area (Å²) < 4.78 is 5.43. The second-order valence-electron chi connectivity index (χ2n) is 9.92. The highest BCUT2D eigenvalue weighted by atomic mass is 16.3. The first kappa shape index (κ1) is 21.9. The van der Waals surface area contributed by atoms with Crippen molar-refractivity contribution in [1.82, 2.24) is 9.97 Å². The SMILES string of the molecule is O=C(Nc1cccc(-c2cnco2)c1)N1c2nc(-c3cccc(N4CCCC4)c3)ccc2N2CC[C@H]1C2. The molecule has 0 radical (unpaired) electrons. The molecule has 0 saturated carbocycles. The fourth-order valence-corrected chi connectivity index (χ4v) is 5.76. The Balaban J connectivity index is 1.21. The molecule has 0 aliphatic carbocycles. The molecule has 0 spiro atoms. The summed E-state index contributed by atoms with van der Waals surface area (Å²) in [7, 11) is 0. The number of nitrogens with one attached hydrogen (secondary N) is 1. The Hall–Kier alpha value is -4.33. The highest BCUT2D eigenvalue weighted by Crippen LogP contribution is 2.41. The van der Waals surface area contributed by atoms with Gasteiger partial charge in [-0.05, 0) is 55.7 Å². The van der Waals surface area contributed by atoms with Crippen LogP contribution in [0, 0.1) is 0 Å². The van der Waals surface area contributed by atoms with Crippen molar-refractivity contribution in [2.24, 2.45) is 0 Å². The van der Waals surface area contributed by atoms with Gasteiger partial charge in [0, 0.05) is 48.7 Å². The molecule has 3 aliphatic heterocycles. The van der Waals surface area contributed by atoms with Crippen molar-refractivity contribution >= 4 is 28.9 Å². The van der Waals surface area contributed by atoms with Gasteiger partial charge < -0.3 is 19.5 Å². The van der Waals surface area contributed by atoms with Crippen LogP contribution in [0.2, 0.25) is 0 Å². The van der Waals surface area contributed by atoms with Crippen molar-refractivity contribution in [1.29, 1.82) is 0 Å². The van der Waals surface area contributed by atoms with Gasteiger partial charge in [-0.3, -0.25) is 4.90 Å². The number of hydrogen-bond acceptors (Lipinski definition) is 6. The summed E-state index contributed by atoms with van der Waals surface area (Å²) in [5, 5.41) is 3.10. The molecule has 5 heterocycles. The predicted octanol–water partition coefficient (Wildman–Crippen LogP) is 5.63. The zero-order chi connectivity index (χ0) is 24.8. The van der Waals surface area contributed by atoms with E-state index in [4.69, 9.17) is 9.40 Å². The summed E-state index contributed by atoms with van der Waals surface area (Å²) in [4.78, 5) is 29.4. The first-order chi connectivity index (χ1) is 18.2. The topological polar surface area (TPSA) is 77.7 Å². The molecule has 186 valence electrons. The highest BCUT2D eigenvalue weighted by molar-refractivity contribution is 6.05. The third-order valence-electron chi connectivity index (χ3n) is 7.61. The summed E-state index contributed by atoms with van der Waals surface area (Å²) in [5.41, 5.74) is 5.76. The maximum absolute atomic E-state index is 13.7. The molecular formula is C29H28N6O2. The lowest BCUT2D eigenvalue weighted by Gasteiger charge is -2.36. The Labute approximate surface area is 215 Å². The number of pyridine rings is 1. The minimum absolute atomic E-state index is 0.0867. The van der Waals surface area contributed by atoms with Gasteiger partial charge in [0.1, 0.15) is 0 Å². The Kier molecular flexibility index (Phi) is 5.30. The van der Waals surface area contributed by atoms with E-state index in [-0.39, 0.29) is 12.1 Å². The van der Waals surface area contributed by atoms with E-state index >= 15 is 0 Å². The van der Waals surface area contributed by atoms with Crippen molar-refractivity contribution in [2.45, 2.75) is 25.3 Å². The maximum Gasteiger partial charge on any atom is 0.327 e.